The summed E-state index contributed by atoms with van der Waals surface area (Å²) >= 11 is 9.12. The highest BCUT2D eigenvalue weighted by atomic mass is 79.9. The van der Waals surface area contributed by atoms with Crippen LogP contribution in [0.3, 0.4) is 0 Å². The van der Waals surface area contributed by atoms with Crippen LogP contribution in [0.4, 0.5) is 0 Å². The summed E-state index contributed by atoms with van der Waals surface area (Å²) in [6.45, 7) is 2.02. The molecular weight excluding hydrogens is 295 g/mol. The van der Waals surface area contributed by atoms with Gasteiger partial charge in [0.05, 0.1) is 17.5 Å². The number of carbonyl (C=O) groups is 1. The highest BCUT2D eigenvalue weighted by Gasteiger charge is 2.14. The van der Waals surface area contributed by atoms with Crippen molar-refractivity contribution in [1.29, 1.82) is 0 Å². The zero-order valence-electron chi connectivity index (χ0n) is 9.00. The second kappa shape index (κ2) is 6.11. The Labute approximate surface area is 108 Å². The van der Waals surface area contributed by atoms with E-state index in [2.05, 4.69) is 20.7 Å². The maximum Gasteiger partial charge on any atom is 0.311 e. The van der Waals surface area contributed by atoms with Gasteiger partial charge in [-0.25, -0.2) is 0 Å². The van der Waals surface area contributed by atoms with Gasteiger partial charge in [-0.3, -0.25) is 4.79 Å². The van der Waals surface area contributed by atoms with Gasteiger partial charge < -0.3 is 9.47 Å². The molecule has 0 aliphatic rings. The van der Waals surface area contributed by atoms with Gasteiger partial charge in [-0.1, -0.05) is 11.6 Å². The van der Waals surface area contributed by atoms with Gasteiger partial charge in [0.2, 0.25) is 0 Å². The Balaban J connectivity index is 2.58. The Morgan fingerprint density at radius 3 is 2.81 bits per heavy atom. The summed E-state index contributed by atoms with van der Waals surface area (Å²) in [6, 6.07) is 5.21. The first-order chi connectivity index (χ1) is 7.54. The summed E-state index contributed by atoms with van der Waals surface area (Å²) in [7, 11) is 1.36. The Morgan fingerprint density at radius 2 is 2.25 bits per heavy atom. The van der Waals surface area contributed by atoms with Crippen LogP contribution >= 0.6 is 27.5 Å². The average Bonchev–Trinajstić information content (AvgIpc) is 2.26. The van der Waals surface area contributed by atoms with E-state index >= 15 is 0 Å². The molecule has 1 unspecified atom stereocenters. The van der Waals surface area contributed by atoms with Crippen LogP contribution in [-0.2, 0) is 9.53 Å². The number of carbonyl (C=O) groups excluding carboxylic acids is 1. The minimum absolute atomic E-state index is 0.271. The van der Waals surface area contributed by atoms with E-state index in [1.54, 1.807) is 25.1 Å². The Kier molecular flexibility index (Phi) is 5.09. The zero-order chi connectivity index (χ0) is 12.1. The van der Waals surface area contributed by atoms with Gasteiger partial charge in [0.1, 0.15) is 12.4 Å². The second-order valence-electron chi connectivity index (χ2n) is 3.31. The number of hydrogen-bond donors (Lipinski definition) is 0. The predicted octanol–water partition coefficient (Wildman–Crippen LogP) is 3.29. The normalized spacial score (nSPS) is 12.0. The third kappa shape index (κ3) is 3.68. The van der Waals surface area contributed by atoms with Crippen molar-refractivity contribution in [3.8, 4) is 5.75 Å². The maximum absolute atomic E-state index is 11.1. The van der Waals surface area contributed by atoms with Gasteiger partial charge in [0.25, 0.3) is 0 Å². The number of halogens is 2. The number of hydrogen-bond acceptors (Lipinski definition) is 3. The van der Waals surface area contributed by atoms with E-state index in [0.717, 1.165) is 4.47 Å². The maximum atomic E-state index is 11.1. The van der Waals surface area contributed by atoms with Gasteiger partial charge in [0.15, 0.2) is 0 Å². The molecule has 0 aromatic heterocycles. The number of esters is 1. The van der Waals surface area contributed by atoms with Gasteiger partial charge in [0, 0.05) is 5.02 Å². The number of rotatable bonds is 4. The van der Waals surface area contributed by atoms with Crippen LogP contribution in [0.25, 0.3) is 0 Å². The second-order valence-corrected chi connectivity index (χ2v) is 4.60. The average molecular weight is 308 g/mol. The molecule has 1 aromatic rings. The van der Waals surface area contributed by atoms with E-state index in [4.69, 9.17) is 16.3 Å². The fraction of sp³-hybridized carbons (Fsp3) is 0.364. The van der Waals surface area contributed by atoms with Crippen LogP contribution in [0.2, 0.25) is 5.02 Å². The van der Waals surface area contributed by atoms with Crippen LogP contribution in [0.1, 0.15) is 6.92 Å². The standard InChI is InChI=1S/C11H12BrClO3/c1-7(11(14)15-2)6-16-10-4-3-8(13)5-9(10)12/h3-5,7H,6H2,1-2H3. The van der Waals surface area contributed by atoms with Gasteiger partial charge in [-0.2, -0.15) is 0 Å². The Hall–Kier alpha value is -0.740. The van der Waals surface area contributed by atoms with Crippen molar-refractivity contribution in [2.75, 3.05) is 13.7 Å². The van der Waals surface area contributed by atoms with Gasteiger partial charge >= 0.3 is 5.97 Å². The van der Waals surface area contributed by atoms with E-state index in [1.807, 2.05) is 0 Å². The van der Waals surface area contributed by atoms with Crippen LogP contribution in [0.5, 0.6) is 5.75 Å². The van der Waals surface area contributed by atoms with Crippen molar-refractivity contribution < 1.29 is 14.3 Å². The third-order valence-electron chi connectivity index (χ3n) is 1.99. The Bertz CT molecular complexity index is 381. The molecule has 0 heterocycles. The molecule has 0 radical (unpaired) electrons. The molecule has 0 N–H and O–H groups in total. The SMILES string of the molecule is COC(=O)C(C)COc1ccc(Cl)cc1Br. The van der Waals surface area contributed by atoms with Crippen molar-refractivity contribution in [1.82, 2.24) is 0 Å². The lowest BCUT2D eigenvalue weighted by atomic mass is 10.2. The van der Waals surface area contributed by atoms with Crippen LogP contribution in [-0.4, -0.2) is 19.7 Å². The summed E-state index contributed by atoms with van der Waals surface area (Å²) in [5.41, 5.74) is 0. The Morgan fingerprint density at radius 1 is 1.56 bits per heavy atom. The molecule has 16 heavy (non-hydrogen) atoms. The number of ether oxygens (including phenoxy) is 2. The van der Waals surface area contributed by atoms with E-state index < -0.39 is 0 Å². The van der Waals surface area contributed by atoms with Gasteiger partial charge in [-0.15, -0.1) is 0 Å². The van der Waals surface area contributed by atoms with E-state index in [0.29, 0.717) is 10.8 Å². The molecule has 0 aliphatic heterocycles. The quantitative estimate of drug-likeness (QED) is 0.801. The van der Waals surface area contributed by atoms with Crippen LogP contribution in [0, 0.1) is 5.92 Å². The molecule has 0 amide bonds. The van der Waals surface area contributed by atoms with Crippen molar-refractivity contribution >= 4 is 33.5 Å². The molecule has 0 saturated heterocycles. The van der Waals surface area contributed by atoms with Crippen LogP contribution < -0.4 is 4.74 Å². The highest BCUT2D eigenvalue weighted by molar-refractivity contribution is 9.10. The largest absolute Gasteiger partial charge is 0.492 e. The molecule has 0 fully saturated rings. The lowest BCUT2D eigenvalue weighted by Crippen LogP contribution is -2.20. The molecule has 5 heteroatoms. The molecule has 0 aliphatic carbocycles. The summed E-state index contributed by atoms with van der Waals surface area (Å²) in [4.78, 5) is 11.1. The lowest BCUT2D eigenvalue weighted by Gasteiger charge is -2.12. The lowest BCUT2D eigenvalue weighted by molar-refractivity contribution is -0.145. The fourth-order valence-corrected chi connectivity index (χ4v) is 1.87. The molecule has 0 bridgehead atoms. The summed E-state index contributed by atoms with van der Waals surface area (Å²) in [5, 5.41) is 0.625. The molecule has 3 nitrogen and oxygen atoms in total. The molecule has 0 spiro atoms. The minimum atomic E-state index is -0.299. The van der Waals surface area contributed by atoms with E-state index in [-0.39, 0.29) is 18.5 Å². The molecule has 88 valence electrons. The summed E-state index contributed by atoms with van der Waals surface area (Å²) < 4.78 is 10.8. The molecule has 1 aromatic carbocycles. The monoisotopic (exact) mass is 306 g/mol. The zero-order valence-corrected chi connectivity index (χ0v) is 11.3. The smallest absolute Gasteiger partial charge is 0.311 e. The molecule has 0 saturated carbocycles. The number of benzene rings is 1. The number of methoxy groups -OCH3 is 1. The van der Waals surface area contributed by atoms with Crippen molar-refractivity contribution in [2.24, 2.45) is 5.92 Å². The van der Waals surface area contributed by atoms with Crippen molar-refractivity contribution in [2.45, 2.75) is 6.92 Å². The fourth-order valence-electron chi connectivity index (χ4n) is 1.08. The first-order valence-electron chi connectivity index (χ1n) is 4.70. The molecule has 1 rings (SSSR count). The molecule has 1 atom stereocenters. The van der Waals surface area contributed by atoms with E-state index in [9.17, 15) is 4.79 Å². The van der Waals surface area contributed by atoms with Crippen molar-refractivity contribution in [3.05, 3.63) is 27.7 Å². The van der Waals surface area contributed by atoms with Crippen molar-refractivity contribution in [3.63, 3.8) is 0 Å². The first-order valence-corrected chi connectivity index (χ1v) is 5.87. The van der Waals surface area contributed by atoms with E-state index in [1.165, 1.54) is 7.11 Å². The summed E-state index contributed by atoms with van der Waals surface area (Å²) in [6.07, 6.45) is 0. The van der Waals surface area contributed by atoms with Crippen LogP contribution in [0.15, 0.2) is 22.7 Å². The third-order valence-corrected chi connectivity index (χ3v) is 2.84. The minimum Gasteiger partial charge on any atom is -0.492 e. The topological polar surface area (TPSA) is 35.5 Å². The molecular formula is C11H12BrClO3. The highest BCUT2D eigenvalue weighted by Crippen LogP contribution is 2.28. The summed E-state index contributed by atoms with van der Waals surface area (Å²) in [5.74, 6) is 0.0674. The predicted molar refractivity (Wildman–Crippen MR) is 65.8 cm³/mol. The first kappa shape index (κ1) is 13.3. The van der Waals surface area contributed by atoms with Gasteiger partial charge in [-0.05, 0) is 41.1 Å².